The third kappa shape index (κ3) is 4.49. The van der Waals surface area contributed by atoms with E-state index < -0.39 is 5.41 Å². The number of aromatic nitrogens is 4. The molecule has 2 saturated heterocycles. The van der Waals surface area contributed by atoms with Gasteiger partial charge in [-0.25, -0.2) is 4.98 Å². The molecular weight excluding hydrogens is 444 g/mol. The van der Waals surface area contributed by atoms with Crippen LogP contribution in [0.15, 0.2) is 47.7 Å². The molecule has 0 unspecified atom stereocenters. The minimum Gasteiger partial charge on any atom is -0.483 e. The Hall–Kier alpha value is -3.60. The smallest absolute Gasteiger partial charge is 0.290 e. The highest BCUT2D eigenvalue weighted by Crippen LogP contribution is 2.52. The van der Waals surface area contributed by atoms with Crippen molar-refractivity contribution in [2.24, 2.45) is 5.41 Å². The van der Waals surface area contributed by atoms with Gasteiger partial charge in [0.1, 0.15) is 0 Å². The summed E-state index contributed by atoms with van der Waals surface area (Å²) in [7, 11) is 0. The zero-order valence-electron chi connectivity index (χ0n) is 17.8. The van der Waals surface area contributed by atoms with Crippen LogP contribution >= 0.6 is 11.3 Å². The highest BCUT2D eigenvalue weighted by Gasteiger charge is 2.61. The molecule has 3 atom stereocenters. The molecular formula is C22H24N6O4S. The number of pyridine rings is 1. The van der Waals surface area contributed by atoms with Crippen molar-refractivity contribution in [1.29, 1.82) is 0 Å². The maximum absolute atomic E-state index is 13.6. The van der Waals surface area contributed by atoms with Crippen molar-refractivity contribution in [3.8, 4) is 0 Å². The van der Waals surface area contributed by atoms with Gasteiger partial charge in [-0.05, 0) is 37.5 Å². The molecule has 172 valence electrons. The predicted molar refractivity (Wildman–Crippen MR) is 119 cm³/mol. The first-order chi connectivity index (χ1) is 16.1. The van der Waals surface area contributed by atoms with Crippen molar-refractivity contribution in [1.82, 2.24) is 30.4 Å². The molecule has 5 heterocycles. The Labute approximate surface area is 194 Å². The molecule has 2 amide bonds. The Balaban J connectivity index is 0.000000821. The Morgan fingerprint density at radius 1 is 1.33 bits per heavy atom. The van der Waals surface area contributed by atoms with E-state index in [0.717, 1.165) is 24.2 Å². The van der Waals surface area contributed by atoms with Gasteiger partial charge in [-0.1, -0.05) is 0 Å². The maximum Gasteiger partial charge on any atom is 0.290 e. The van der Waals surface area contributed by atoms with Crippen LogP contribution in [0, 0.1) is 5.41 Å². The van der Waals surface area contributed by atoms with E-state index in [1.807, 2.05) is 16.3 Å². The number of thiazole rings is 1. The summed E-state index contributed by atoms with van der Waals surface area (Å²) >= 11 is 1.52. The molecule has 0 aromatic carbocycles. The quantitative estimate of drug-likeness (QED) is 0.469. The standard InChI is InChI=1S/C21H22N6O2S.CH2O2/c28-19(14-2-1-6-22-10-14)27-17-3-4-18(27)21(9-17,8-16-12-30-13-24-16)20(29)23-11-15-5-7-25-26-15;2-1-3/h1-2,5-7,10,12-13,17-18H,3-4,8-9,11H2,(H,23,29)(H,25,26);1H,(H,2,3)/t17-,18+,21+;/m1./s1. The Kier molecular flexibility index (Phi) is 6.78. The molecule has 5 rings (SSSR count). The summed E-state index contributed by atoms with van der Waals surface area (Å²) in [4.78, 5) is 45.7. The summed E-state index contributed by atoms with van der Waals surface area (Å²) in [5, 5.41) is 18.8. The van der Waals surface area contributed by atoms with Crippen molar-refractivity contribution in [2.75, 3.05) is 0 Å². The molecule has 3 N–H and O–H groups in total. The zero-order chi connectivity index (χ0) is 23.3. The summed E-state index contributed by atoms with van der Waals surface area (Å²) in [6.45, 7) is 0.131. The van der Waals surface area contributed by atoms with Gasteiger partial charge >= 0.3 is 0 Å². The SMILES string of the molecule is O=C(c1cccnc1)N1[C@@H]2CC[C@H]1[C@@](Cc1cscn1)(C(=O)NCc1ccn[nH]1)C2.O=CO. The van der Waals surface area contributed by atoms with E-state index in [9.17, 15) is 9.59 Å². The first kappa shape index (κ1) is 22.6. The number of carboxylic acid groups (broad SMARTS) is 1. The zero-order valence-corrected chi connectivity index (χ0v) is 18.6. The molecule has 2 fully saturated rings. The molecule has 3 aromatic rings. The third-order valence-electron chi connectivity index (χ3n) is 6.31. The molecule has 10 nitrogen and oxygen atoms in total. The summed E-state index contributed by atoms with van der Waals surface area (Å²) in [5.74, 6) is -0.0709. The molecule has 0 aliphatic carbocycles. The minimum absolute atomic E-state index is 0.0266. The van der Waals surface area contributed by atoms with Crippen LogP contribution in [0.1, 0.15) is 41.0 Å². The number of rotatable bonds is 6. The summed E-state index contributed by atoms with van der Waals surface area (Å²) in [6.07, 6.45) is 7.84. The van der Waals surface area contributed by atoms with Crippen LogP contribution < -0.4 is 5.32 Å². The summed E-state index contributed by atoms with van der Waals surface area (Å²) in [6, 6.07) is 5.29. The van der Waals surface area contributed by atoms with Crippen molar-refractivity contribution in [2.45, 2.75) is 44.3 Å². The Morgan fingerprint density at radius 3 is 2.85 bits per heavy atom. The average molecular weight is 469 g/mol. The van der Waals surface area contributed by atoms with Gasteiger partial charge in [0.2, 0.25) is 5.91 Å². The van der Waals surface area contributed by atoms with E-state index >= 15 is 0 Å². The van der Waals surface area contributed by atoms with Crippen molar-refractivity contribution >= 4 is 29.6 Å². The summed E-state index contributed by atoms with van der Waals surface area (Å²) < 4.78 is 0. The van der Waals surface area contributed by atoms with Crippen LogP contribution in [0.4, 0.5) is 0 Å². The molecule has 0 spiro atoms. The topological polar surface area (TPSA) is 141 Å². The van der Waals surface area contributed by atoms with Gasteiger partial charge in [-0.15, -0.1) is 11.3 Å². The highest BCUT2D eigenvalue weighted by atomic mass is 32.1. The van der Waals surface area contributed by atoms with E-state index in [1.54, 1.807) is 36.2 Å². The lowest BCUT2D eigenvalue weighted by Crippen LogP contribution is -2.51. The second-order valence-electron chi connectivity index (χ2n) is 8.09. The second kappa shape index (κ2) is 9.90. The molecule has 2 aliphatic rings. The predicted octanol–water partition coefficient (Wildman–Crippen LogP) is 1.88. The van der Waals surface area contributed by atoms with Crippen LogP contribution in [0.2, 0.25) is 0 Å². The van der Waals surface area contributed by atoms with Crippen molar-refractivity contribution < 1.29 is 19.5 Å². The van der Waals surface area contributed by atoms with Gasteiger partial charge in [0, 0.05) is 42.5 Å². The van der Waals surface area contributed by atoms with E-state index in [1.165, 1.54) is 11.3 Å². The monoisotopic (exact) mass is 468 g/mol. The average Bonchev–Trinajstić information content (AvgIpc) is 3.63. The largest absolute Gasteiger partial charge is 0.483 e. The molecule has 0 saturated carbocycles. The van der Waals surface area contributed by atoms with Gasteiger partial charge in [-0.3, -0.25) is 24.5 Å². The number of carbonyl (C=O) groups is 3. The molecule has 2 bridgehead atoms. The van der Waals surface area contributed by atoms with Crippen LogP contribution in [0.25, 0.3) is 0 Å². The molecule has 0 radical (unpaired) electrons. The lowest BCUT2D eigenvalue weighted by molar-refractivity contribution is -0.133. The first-order valence-electron chi connectivity index (χ1n) is 10.5. The second-order valence-corrected chi connectivity index (χ2v) is 8.81. The number of amides is 2. The van der Waals surface area contributed by atoms with E-state index in [4.69, 9.17) is 9.90 Å². The van der Waals surface area contributed by atoms with E-state index in [0.29, 0.717) is 24.9 Å². The maximum atomic E-state index is 13.6. The van der Waals surface area contributed by atoms with E-state index in [2.05, 4.69) is 25.5 Å². The lowest BCUT2D eigenvalue weighted by Gasteiger charge is -2.35. The van der Waals surface area contributed by atoms with Gasteiger partial charge in [0.25, 0.3) is 12.4 Å². The van der Waals surface area contributed by atoms with Gasteiger partial charge in [-0.2, -0.15) is 5.10 Å². The van der Waals surface area contributed by atoms with Crippen LogP contribution in [0.3, 0.4) is 0 Å². The molecule has 11 heteroatoms. The van der Waals surface area contributed by atoms with Crippen molar-refractivity contribution in [3.63, 3.8) is 0 Å². The normalized spacial score (nSPS) is 23.0. The number of H-pyrrole nitrogens is 1. The Bertz CT molecular complexity index is 1080. The number of nitrogens with one attached hydrogen (secondary N) is 2. The third-order valence-corrected chi connectivity index (χ3v) is 6.95. The molecule has 3 aromatic heterocycles. The van der Waals surface area contributed by atoms with Gasteiger partial charge in [0.05, 0.1) is 34.4 Å². The number of aromatic amines is 1. The number of nitrogens with zero attached hydrogens (tertiary/aromatic N) is 4. The lowest BCUT2D eigenvalue weighted by atomic mass is 9.70. The van der Waals surface area contributed by atoms with Gasteiger partial charge < -0.3 is 15.3 Å². The van der Waals surface area contributed by atoms with Gasteiger partial charge in [0.15, 0.2) is 0 Å². The fraction of sp³-hybridized carbons (Fsp3) is 0.364. The number of carbonyl (C=O) groups excluding carboxylic acids is 2. The van der Waals surface area contributed by atoms with Crippen LogP contribution in [-0.2, 0) is 22.6 Å². The van der Waals surface area contributed by atoms with E-state index in [-0.39, 0.29) is 30.4 Å². The fourth-order valence-corrected chi connectivity index (χ4v) is 5.58. The number of hydrogen-bond acceptors (Lipinski definition) is 7. The van der Waals surface area contributed by atoms with Crippen LogP contribution in [0.5, 0.6) is 0 Å². The summed E-state index contributed by atoms with van der Waals surface area (Å²) in [5.41, 5.74) is 3.42. The minimum atomic E-state index is -0.686. The van der Waals surface area contributed by atoms with Crippen LogP contribution in [-0.4, -0.2) is 60.5 Å². The first-order valence-corrected chi connectivity index (χ1v) is 11.5. The number of hydrogen-bond donors (Lipinski definition) is 3. The molecule has 2 aliphatic heterocycles. The fourth-order valence-electron chi connectivity index (χ4n) is 5.03. The Morgan fingerprint density at radius 2 is 2.18 bits per heavy atom. The molecule has 33 heavy (non-hydrogen) atoms. The van der Waals surface area contributed by atoms with Crippen molar-refractivity contribution in [3.05, 3.63) is 64.6 Å². The highest BCUT2D eigenvalue weighted by molar-refractivity contribution is 7.07. The number of fused-ring (bicyclic) bond motifs is 2.